The summed E-state index contributed by atoms with van der Waals surface area (Å²) in [6.45, 7) is 3.03. The van der Waals surface area contributed by atoms with Crippen molar-refractivity contribution in [3.05, 3.63) is 77.2 Å². The monoisotopic (exact) mass is 405 g/mol. The number of hydrogen-bond acceptors (Lipinski definition) is 5. The molecule has 6 nitrogen and oxygen atoms in total. The average Bonchev–Trinajstić information content (AvgIpc) is 3.17. The van der Waals surface area contributed by atoms with Crippen molar-refractivity contribution in [2.24, 2.45) is 0 Å². The summed E-state index contributed by atoms with van der Waals surface area (Å²) in [5.41, 5.74) is 3.09. The first-order valence-electron chi connectivity index (χ1n) is 8.85. The van der Waals surface area contributed by atoms with Gasteiger partial charge in [-0.05, 0) is 38.1 Å². The molecule has 0 spiro atoms. The Morgan fingerprint density at radius 3 is 2.28 bits per heavy atom. The fourth-order valence-electron chi connectivity index (χ4n) is 2.49. The lowest BCUT2D eigenvalue weighted by Gasteiger charge is -2.06. The van der Waals surface area contributed by atoms with Gasteiger partial charge in [-0.1, -0.05) is 30.3 Å². The number of ketones is 1. The van der Waals surface area contributed by atoms with Gasteiger partial charge in [0.15, 0.2) is 10.9 Å². The number of nitrogens with zero attached hydrogens (tertiary/aromatic N) is 1. The number of thiazole rings is 1. The largest absolute Gasteiger partial charge is 0.322 e. The summed E-state index contributed by atoms with van der Waals surface area (Å²) < 4.78 is 0. The lowest BCUT2D eigenvalue weighted by atomic mass is 10.1. The molecule has 0 aliphatic heterocycles. The SMILES string of the molecule is CC(=O)c1ccc(NC(=O)/C(C)=C\C(=O)Nc2nc(-c3ccccc3)cs2)cc1. The number of carbonyl (C=O) groups excluding carboxylic acids is 3. The van der Waals surface area contributed by atoms with Crippen LogP contribution in [0, 0.1) is 0 Å². The number of nitrogens with one attached hydrogen (secondary N) is 2. The second kappa shape index (κ2) is 9.07. The van der Waals surface area contributed by atoms with E-state index in [0.29, 0.717) is 16.4 Å². The van der Waals surface area contributed by atoms with Gasteiger partial charge in [0.2, 0.25) is 0 Å². The molecular weight excluding hydrogens is 386 g/mol. The summed E-state index contributed by atoms with van der Waals surface area (Å²) in [5.74, 6) is -0.883. The number of benzene rings is 2. The van der Waals surface area contributed by atoms with Gasteiger partial charge in [0.1, 0.15) is 0 Å². The molecule has 0 fully saturated rings. The summed E-state index contributed by atoms with van der Waals surface area (Å²) in [7, 11) is 0. The van der Waals surface area contributed by atoms with Gasteiger partial charge in [0.05, 0.1) is 5.69 Å². The van der Waals surface area contributed by atoms with E-state index in [0.717, 1.165) is 11.3 Å². The number of Topliss-reactive ketones (excluding diaryl/α,β-unsaturated/α-hetero) is 1. The molecule has 0 bridgehead atoms. The van der Waals surface area contributed by atoms with Crippen LogP contribution in [0.5, 0.6) is 0 Å². The summed E-state index contributed by atoms with van der Waals surface area (Å²) in [4.78, 5) is 40.2. The molecule has 3 aromatic rings. The van der Waals surface area contributed by atoms with Gasteiger partial charge in [-0.3, -0.25) is 19.7 Å². The smallest absolute Gasteiger partial charge is 0.251 e. The van der Waals surface area contributed by atoms with E-state index >= 15 is 0 Å². The first-order valence-corrected chi connectivity index (χ1v) is 9.73. The van der Waals surface area contributed by atoms with Gasteiger partial charge < -0.3 is 5.32 Å². The Morgan fingerprint density at radius 1 is 0.931 bits per heavy atom. The van der Waals surface area contributed by atoms with Crippen LogP contribution in [0.25, 0.3) is 11.3 Å². The van der Waals surface area contributed by atoms with Crippen molar-refractivity contribution >= 4 is 39.8 Å². The maximum Gasteiger partial charge on any atom is 0.251 e. The van der Waals surface area contributed by atoms with Gasteiger partial charge in [0.25, 0.3) is 11.8 Å². The zero-order chi connectivity index (χ0) is 20.8. The molecular formula is C22H19N3O3S. The minimum atomic E-state index is -0.432. The van der Waals surface area contributed by atoms with Gasteiger partial charge in [0, 0.05) is 33.8 Å². The molecule has 2 N–H and O–H groups in total. The molecule has 1 heterocycles. The van der Waals surface area contributed by atoms with Crippen LogP contribution in [0.2, 0.25) is 0 Å². The molecule has 146 valence electrons. The summed E-state index contributed by atoms with van der Waals surface area (Å²) in [6, 6.07) is 16.2. The normalized spacial score (nSPS) is 11.0. The van der Waals surface area contributed by atoms with Crippen LogP contribution in [-0.4, -0.2) is 22.6 Å². The average molecular weight is 405 g/mol. The first kappa shape index (κ1) is 20.2. The van der Waals surface area contributed by atoms with Crippen molar-refractivity contribution in [3.8, 4) is 11.3 Å². The molecule has 0 aliphatic carbocycles. The number of anilines is 2. The predicted molar refractivity (Wildman–Crippen MR) is 115 cm³/mol. The lowest BCUT2D eigenvalue weighted by molar-refractivity contribution is -0.114. The van der Waals surface area contributed by atoms with E-state index in [4.69, 9.17) is 0 Å². The third-order valence-electron chi connectivity index (χ3n) is 4.06. The highest BCUT2D eigenvalue weighted by molar-refractivity contribution is 7.14. The highest BCUT2D eigenvalue weighted by atomic mass is 32.1. The Balaban J connectivity index is 1.60. The van der Waals surface area contributed by atoms with Crippen LogP contribution in [0.15, 0.2) is 71.6 Å². The Hall–Kier alpha value is -3.58. The minimum Gasteiger partial charge on any atom is -0.322 e. The number of carbonyl (C=O) groups is 3. The van der Waals surface area contributed by atoms with Gasteiger partial charge in [-0.15, -0.1) is 11.3 Å². The second-order valence-corrected chi connectivity index (χ2v) is 7.17. The van der Waals surface area contributed by atoms with E-state index < -0.39 is 11.8 Å². The quantitative estimate of drug-likeness (QED) is 0.466. The first-order chi connectivity index (χ1) is 13.9. The van der Waals surface area contributed by atoms with Crippen LogP contribution < -0.4 is 10.6 Å². The van der Waals surface area contributed by atoms with Crippen molar-refractivity contribution in [1.82, 2.24) is 4.98 Å². The summed E-state index contributed by atoms with van der Waals surface area (Å²) in [5, 5.41) is 7.68. The number of aromatic nitrogens is 1. The fourth-order valence-corrected chi connectivity index (χ4v) is 3.22. The topological polar surface area (TPSA) is 88.2 Å². The molecule has 1 aromatic heterocycles. The van der Waals surface area contributed by atoms with Crippen LogP contribution in [0.1, 0.15) is 24.2 Å². The summed E-state index contributed by atoms with van der Waals surface area (Å²) >= 11 is 1.31. The maximum atomic E-state index is 12.3. The molecule has 3 rings (SSSR count). The van der Waals surface area contributed by atoms with Gasteiger partial charge in [-0.25, -0.2) is 4.98 Å². The Labute approximate surface area is 172 Å². The van der Waals surface area contributed by atoms with E-state index in [-0.39, 0.29) is 11.4 Å². The van der Waals surface area contributed by atoms with Crippen LogP contribution in [-0.2, 0) is 9.59 Å². The predicted octanol–water partition coefficient (Wildman–Crippen LogP) is 4.54. The van der Waals surface area contributed by atoms with Crippen LogP contribution >= 0.6 is 11.3 Å². The lowest BCUT2D eigenvalue weighted by Crippen LogP contribution is -2.16. The second-order valence-electron chi connectivity index (χ2n) is 6.31. The number of rotatable bonds is 6. The number of amides is 2. The highest BCUT2D eigenvalue weighted by Gasteiger charge is 2.10. The Morgan fingerprint density at radius 2 is 1.62 bits per heavy atom. The van der Waals surface area contributed by atoms with E-state index in [9.17, 15) is 14.4 Å². The fraction of sp³-hybridized carbons (Fsp3) is 0.0909. The molecule has 2 amide bonds. The van der Waals surface area contributed by atoms with E-state index in [1.165, 1.54) is 24.3 Å². The molecule has 0 unspecified atom stereocenters. The van der Waals surface area contributed by atoms with Gasteiger partial charge >= 0.3 is 0 Å². The van der Waals surface area contributed by atoms with Crippen LogP contribution in [0.4, 0.5) is 10.8 Å². The molecule has 0 saturated heterocycles. The van der Waals surface area contributed by atoms with E-state index in [1.807, 2.05) is 35.7 Å². The van der Waals surface area contributed by atoms with E-state index in [1.54, 1.807) is 31.2 Å². The molecule has 0 aliphatic rings. The standard InChI is InChI=1S/C22H19N3O3S/c1-14(21(28)23-18-10-8-16(9-11-18)15(2)26)12-20(27)25-22-24-19(13-29-22)17-6-4-3-5-7-17/h3-13H,1-2H3,(H,23,28)(H,24,25,27)/b14-12-. The van der Waals surface area contributed by atoms with Crippen molar-refractivity contribution in [1.29, 1.82) is 0 Å². The highest BCUT2D eigenvalue weighted by Crippen LogP contribution is 2.24. The van der Waals surface area contributed by atoms with Crippen LogP contribution in [0.3, 0.4) is 0 Å². The summed E-state index contributed by atoms with van der Waals surface area (Å²) in [6.07, 6.45) is 1.23. The molecule has 2 aromatic carbocycles. The van der Waals surface area contributed by atoms with Crippen molar-refractivity contribution in [2.75, 3.05) is 10.6 Å². The molecule has 7 heteroatoms. The molecule has 0 atom stereocenters. The third-order valence-corrected chi connectivity index (χ3v) is 4.82. The zero-order valence-corrected chi connectivity index (χ0v) is 16.7. The van der Waals surface area contributed by atoms with Crippen molar-refractivity contribution < 1.29 is 14.4 Å². The number of hydrogen-bond donors (Lipinski definition) is 2. The molecule has 0 saturated carbocycles. The van der Waals surface area contributed by atoms with Crippen molar-refractivity contribution in [3.63, 3.8) is 0 Å². The zero-order valence-electron chi connectivity index (χ0n) is 15.9. The maximum absolute atomic E-state index is 12.3. The Kier molecular flexibility index (Phi) is 6.31. The van der Waals surface area contributed by atoms with E-state index in [2.05, 4.69) is 15.6 Å². The Bertz CT molecular complexity index is 1070. The molecule has 0 radical (unpaired) electrons. The molecule has 29 heavy (non-hydrogen) atoms. The van der Waals surface area contributed by atoms with Crippen molar-refractivity contribution in [2.45, 2.75) is 13.8 Å². The third kappa shape index (κ3) is 5.46. The van der Waals surface area contributed by atoms with Gasteiger partial charge in [-0.2, -0.15) is 0 Å². The minimum absolute atomic E-state index is 0.0479.